The van der Waals surface area contributed by atoms with E-state index in [-0.39, 0.29) is 12.7 Å². The van der Waals surface area contributed by atoms with Gasteiger partial charge in [-0.05, 0) is 20.3 Å². The molecule has 0 fully saturated rings. The number of ether oxygens (including phenoxy) is 2. The fraction of sp³-hybridized carbons (Fsp3) is 0.889. The summed E-state index contributed by atoms with van der Waals surface area (Å²) in [6.07, 6.45) is -0.142. The molecule has 0 saturated heterocycles. The van der Waals surface area contributed by atoms with Crippen LogP contribution in [0.15, 0.2) is 0 Å². The van der Waals surface area contributed by atoms with Gasteiger partial charge in [0, 0.05) is 6.61 Å². The summed E-state index contributed by atoms with van der Waals surface area (Å²) in [5.41, 5.74) is 0. The lowest BCUT2D eigenvalue weighted by Gasteiger charge is -2.14. The summed E-state index contributed by atoms with van der Waals surface area (Å²) in [5.74, 6) is 0. The minimum absolute atomic E-state index is 0.0956. The highest BCUT2D eigenvalue weighted by molar-refractivity contribution is 5.72. The molecule has 78 valence electrons. The van der Waals surface area contributed by atoms with Crippen molar-refractivity contribution in [3.63, 3.8) is 0 Å². The van der Waals surface area contributed by atoms with E-state index in [0.717, 1.165) is 6.42 Å². The van der Waals surface area contributed by atoms with Crippen LogP contribution in [0.3, 0.4) is 0 Å². The van der Waals surface area contributed by atoms with Crippen molar-refractivity contribution in [3.8, 4) is 0 Å². The van der Waals surface area contributed by atoms with Crippen LogP contribution in [0.1, 0.15) is 27.2 Å². The molecule has 0 rings (SSSR count). The Morgan fingerprint density at radius 1 is 1.38 bits per heavy atom. The highest BCUT2D eigenvalue weighted by Gasteiger charge is 2.13. The standard InChI is InChI=1S/C9H17FO3/c1-4-5-12-7(2)6-13-8(3)9(10)11/h7-8H,4-6H2,1-3H3. The Morgan fingerprint density at radius 3 is 2.46 bits per heavy atom. The van der Waals surface area contributed by atoms with Crippen LogP contribution in [0, 0.1) is 0 Å². The van der Waals surface area contributed by atoms with Crippen LogP contribution < -0.4 is 0 Å². The van der Waals surface area contributed by atoms with Gasteiger partial charge in [0.25, 0.3) is 0 Å². The van der Waals surface area contributed by atoms with E-state index in [1.54, 1.807) is 0 Å². The largest absolute Gasteiger partial charge is 0.376 e. The van der Waals surface area contributed by atoms with Crippen LogP contribution in [-0.2, 0) is 14.3 Å². The second kappa shape index (κ2) is 6.97. The second-order valence-electron chi connectivity index (χ2n) is 2.96. The van der Waals surface area contributed by atoms with E-state index in [9.17, 15) is 9.18 Å². The molecule has 0 radical (unpaired) electrons. The third-order valence-corrected chi connectivity index (χ3v) is 1.51. The molecule has 0 saturated carbocycles. The Morgan fingerprint density at radius 2 is 2.00 bits per heavy atom. The molecule has 0 bridgehead atoms. The van der Waals surface area contributed by atoms with Crippen molar-refractivity contribution in [2.24, 2.45) is 0 Å². The number of hydrogen-bond donors (Lipinski definition) is 0. The van der Waals surface area contributed by atoms with Gasteiger partial charge in [0.15, 0.2) is 0 Å². The van der Waals surface area contributed by atoms with Gasteiger partial charge < -0.3 is 9.47 Å². The zero-order chi connectivity index (χ0) is 10.3. The minimum atomic E-state index is -1.44. The van der Waals surface area contributed by atoms with Crippen LogP contribution in [0.4, 0.5) is 4.39 Å². The van der Waals surface area contributed by atoms with Gasteiger partial charge in [0.1, 0.15) is 6.10 Å². The van der Waals surface area contributed by atoms with Gasteiger partial charge in [-0.15, -0.1) is 0 Å². The molecular weight excluding hydrogens is 175 g/mol. The van der Waals surface area contributed by atoms with E-state index in [4.69, 9.17) is 9.47 Å². The number of hydrogen-bond acceptors (Lipinski definition) is 3. The van der Waals surface area contributed by atoms with Crippen LogP contribution in [0.25, 0.3) is 0 Å². The molecule has 4 heteroatoms. The maximum absolute atomic E-state index is 12.0. The molecule has 2 atom stereocenters. The summed E-state index contributed by atoms with van der Waals surface area (Å²) >= 11 is 0. The third-order valence-electron chi connectivity index (χ3n) is 1.51. The average Bonchev–Trinajstić information content (AvgIpc) is 2.10. The van der Waals surface area contributed by atoms with E-state index in [2.05, 4.69) is 0 Å². The van der Waals surface area contributed by atoms with Crippen LogP contribution in [0.5, 0.6) is 0 Å². The molecule has 0 aromatic heterocycles. The van der Waals surface area contributed by atoms with E-state index in [1.165, 1.54) is 6.92 Å². The lowest BCUT2D eigenvalue weighted by atomic mass is 10.4. The van der Waals surface area contributed by atoms with Gasteiger partial charge in [-0.3, -0.25) is 4.79 Å². The smallest absolute Gasteiger partial charge is 0.329 e. The van der Waals surface area contributed by atoms with Crippen LogP contribution in [-0.4, -0.2) is 31.5 Å². The highest BCUT2D eigenvalue weighted by Crippen LogP contribution is 1.99. The Labute approximate surface area is 78.2 Å². The molecule has 0 aromatic rings. The fourth-order valence-corrected chi connectivity index (χ4v) is 0.713. The summed E-state index contributed by atoms with van der Waals surface area (Å²) in [5, 5.41) is 0. The Kier molecular flexibility index (Phi) is 6.72. The molecule has 13 heavy (non-hydrogen) atoms. The molecule has 2 unspecified atom stereocenters. The number of halogens is 1. The topological polar surface area (TPSA) is 35.5 Å². The second-order valence-corrected chi connectivity index (χ2v) is 2.96. The fourth-order valence-electron chi connectivity index (χ4n) is 0.713. The molecule has 3 nitrogen and oxygen atoms in total. The van der Waals surface area contributed by atoms with Crippen molar-refractivity contribution < 1.29 is 18.7 Å². The maximum atomic E-state index is 12.0. The van der Waals surface area contributed by atoms with Gasteiger partial charge in [0.2, 0.25) is 0 Å². The molecule has 0 aliphatic rings. The summed E-state index contributed by atoms with van der Waals surface area (Å²) in [6, 6.07) is -1.44. The van der Waals surface area contributed by atoms with E-state index in [0.29, 0.717) is 6.61 Å². The van der Waals surface area contributed by atoms with E-state index >= 15 is 0 Å². The predicted molar refractivity (Wildman–Crippen MR) is 47.2 cm³/mol. The zero-order valence-electron chi connectivity index (χ0n) is 8.38. The number of carbonyl (C=O) groups is 1. The number of rotatable bonds is 7. The molecule has 0 N–H and O–H groups in total. The summed E-state index contributed by atoms with van der Waals surface area (Å²) < 4.78 is 22.2. The van der Waals surface area contributed by atoms with Crippen molar-refractivity contribution in [2.45, 2.75) is 39.4 Å². The van der Waals surface area contributed by atoms with Crippen LogP contribution >= 0.6 is 0 Å². The van der Waals surface area contributed by atoms with Gasteiger partial charge in [-0.2, -0.15) is 4.39 Å². The maximum Gasteiger partial charge on any atom is 0.329 e. The summed E-state index contributed by atoms with van der Waals surface area (Å²) in [6.45, 7) is 6.11. The van der Waals surface area contributed by atoms with Crippen molar-refractivity contribution >= 4 is 6.04 Å². The van der Waals surface area contributed by atoms with E-state index < -0.39 is 12.1 Å². The summed E-state index contributed by atoms with van der Waals surface area (Å²) in [4.78, 5) is 10.1. The molecule has 0 spiro atoms. The van der Waals surface area contributed by atoms with Crippen molar-refractivity contribution in [1.29, 1.82) is 0 Å². The van der Waals surface area contributed by atoms with Gasteiger partial charge >= 0.3 is 6.04 Å². The van der Waals surface area contributed by atoms with Crippen molar-refractivity contribution in [2.75, 3.05) is 13.2 Å². The third kappa shape index (κ3) is 6.66. The van der Waals surface area contributed by atoms with E-state index in [1.807, 2.05) is 13.8 Å². The lowest BCUT2D eigenvalue weighted by molar-refractivity contribution is -0.143. The monoisotopic (exact) mass is 192 g/mol. The first-order valence-corrected chi connectivity index (χ1v) is 4.50. The van der Waals surface area contributed by atoms with Crippen LogP contribution in [0.2, 0.25) is 0 Å². The zero-order valence-corrected chi connectivity index (χ0v) is 8.38. The average molecular weight is 192 g/mol. The SMILES string of the molecule is CCCOC(C)COC(C)C(=O)F. The minimum Gasteiger partial charge on any atom is -0.376 e. The molecule has 0 amide bonds. The van der Waals surface area contributed by atoms with Gasteiger partial charge in [-0.1, -0.05) is 6.92 Å². The van der Waals surface area contributed by atoms with Gasteiger partial charge in [0.05, 0.1) is 12.7 Å². The predicted octanol–water partition coefficient (Wildman–Crippen LogP) is 1.70. The first kappa shape index (κ1) is 12.5. The normalized spacial score (nSPS) is 15.4. The first-order chi connectivity index (χ1) is 6.07. The first-order valence-electron chi connectivity index (χ1n) is 4.50. The number of carbonyl (C=O) groups excluding carboxylic acids is 1. The van der Waals surface area contributed by atoms with Gasteiger partial charge in [-0.25, -0.2) is 0 Å². The molecule has 0 aliphatic heterocycles. The Hall–Kier alpha value is -0.480. The molecular formula is C9H17FO3. The van der Waals surface area contributed by atoms with Crippen molar-refractivity contribution in [1.82, 2.24) is 0 Å². The Bertz CT molecular complexity index is 150. The molecule has 0 aliphatic carbocycles. The molecule has 0 aromatic carbocycles. The highest BCUT2D eigenvalue weighted by atomic mass is 19.1. The summed E-state index contributed by atoms with van der Waals surface area (Å²) in [7, 11) is 0. The lowest BCUT2D eigenvalue weighted by Crippen LogP contribution is -2.24. The Balaban J connectivity index is 3.45. The quantitative estimate of drug-likeness (QED) is 0.576. The van der Waals surface area contributed by atoms with Crippen molar-refractivity contribution in [3.05, 3.63) is 0 Å². The molecule has 0 heterocycles.